The van der Waals surface area contributed by atoms with Crippen molar-refractivity contribution in [1.82, 2.24) is 0 Å². The first-order chi connectivity index (χ1) is 3.86. The third kappa shape index (κ3) is 0.759. The van der Waals surface area contributed by atoms with Crippen LogP contribution in [0.3, 0.4) is 0 Å². The Morgan fingerprint density at radius 3 is 2.25 bits per heavy atom. The van der Waals surface area contributed by atoms with Gasteiger partial charge in [0, 0.05) is 0 Å². The molecule has 0 radical (unpaired) electrons. The molecule has 2 saturated carbocycles. The predicted molar refractivity (Wildman–Crippen MR) is 29.2 cm³/mol. The van der Waals surface area contributed by atoms with Crippen LogP contribution in [0.1, 0.15) is 25.7 Å². The molecule has 0 spiro atoms. The maximum atomic E-state index is 1.63. The standard InChI is InChI=1S/C7H11.Hg/c1-2-7-4-3-6(1)5-7;/h1,6-7H,2-5H2;. The summed E-state index contributed by atoms with van der Waals surface area (Å²) >= 11 is 1.10. The van der Waals surface area contributed by atoms with E-state index in [1.807, 2.05) is 0 Å². The van der Waals surface area contributed by atoms with Crippen molar-refractivity contribution in [1.29, 1.82) is 0 Å². The first kappa shape index (κ1) is 5.70. The van der Waals surface area contributed by atoms with Crippen molar-refractivity contribution in [2.45, 2.75) is 29.1 Å². The van der Waals surface area contributed by atoms with Crippen LogP contribution < -0.4 is 0 Å². The van der Waals surface area contributed by atoms with Crippen molar-refractivity contribution in [2.75, 3.05) is 0 Å². The Morgan fingerprint density at radius 2 is 2.00 bits per heavy atom. The summed E-state index contributed by atoms with van der Waals surface area (Å²) in [6, 6.07) is 0. The first-order valence-electron chi connectivity index (χ1n) is 3.69. The van der Waals surface area contributed by atoms with Gasteiger partial charge in [0.15, 0.2) is 0 Å². The molecule has 0 N–H and O–H groups in total. The minimum absolute atomic E-state index is 1.10. The third-order valence-corrected chi connectivity index (χ3v) is 6.77. The molecule has 2 aliphatic carbocycles. The molecule has 0 aromatic carbocycles. The fourth-order valence-electron chi connectivity index (χ4n) is 2.38. The number of fused-ring (bicyclic) bond motifs is 2. The molecule has 0 aromatic rings. The van der Waals surface area contributed by atoms with Gasteiger partial charge in [-0.1, -0.05) is 0 Å². The summed E-state index contributed by atoms with van der Waals surface area (Å²) in [5.74, 6) is 2.42. The average molecular weight is 296 g/mol. The number of rotatable bonds is 0. The van der Waals surface area contributed by atoms with Gasteiger partial charge in [0.05, 0.1) is 0 Å². The van der Waals surface area contributed by atoms with Gasteiger partial charge in [-0.15, -0.1) is 0 Å². The first-order valence-corrected chi connectivity index (χ1v) is 6.87. The SMILES string of the molecule is [Hg][CH]1CC2CCC1C2. The monoisotopic (exact) mass is 297 g/mol. The second-order valence-electron chi connectivity index (χ2n) is 3.43. The molecule has 0 aliphatic heterocycles. The van der Waals surface area contributed by atoms with Gasteiger partial charge in [0.25, 0.3) is 0 Å². The predicted octanol–water partition coefficient (Wildman–Crippen LogP) is 2.14. The van der Waals surface area contributed by atoms with Crippen molar-refractivity contribution in [3.63, 3.8) is 0 Å². The Bertz CT molecular complexity index is 98.6. The Morgan fingerprint density at radius 1 is 1.12 bits per heavy atom. The van der Waals surface area contributed by atoms with Crippen molar-refractivity contribution in [3.8, 4) is 0 Å². The fraction of sp³-hybridized carbons (Fsp3) is 1.00. The fourth-order valence-corrected chi connectivity index (χ4v) is 5.87. The Kier molecular flexibility index (Phi) is 1.40. The molecule has 0 aromatic heterocycles. The van der Waals surface area contributed by atoms with Crippen LogP contribution in [-0.2, 0) is 26.1 Å². The molecule has 2 bridgehead atoms. The van der Waals surface area contributed by atoms with Crippen LogP contribution >= 0.6 is 0 Å². The topological polar surface area (TPSA) is 0 Å². The van der Waals surface area contributed by atoms with Crippen LogP contribution in [0.4, 0.5) is 0 Å². The minimum atomic E-state index is 1.10. The number of hydrogen-bond donors (Lipinski definition) is 0. The molecule has 3 unspecified atom stereocenters. The molecule has 0 nitrogen and oxygen atoms in total. The van der Waals surface area contributed by atoms with E-state index in [1.54, 1.807) is 25.7 Å². The zero-order valence-electron chi connectivity index (χ0n) is 5.27. The summed E-state index contributed by atoms with van der Waals surface area (Å²) in [6.07, 6.45) is 6.43. The van der Waals surface area contributed by atoms with Crippen LogP contribution in [0.5, 0.6) is 0 Å². The second-order valence-corrected chi connectivity index (χ2v) is 7.51. The van der Waals surface area contributed by atoms with Crippen LogP contribution in [0.15, 0.2) is 0 Å². The Balaban J connectivity index is 2.11. The van der Waals surface area contributed by atoms with Crippen LogP contribution in [0.2, 0.25) is 3.43 Å². The van der Waals surface area contributed by atoms with Gasteiger partial charge in [-0.3, -0.25) is 0 Å². The van der Waals surface area contributed by atoms with E-state index in [-0.39, 0.29) is 0 Å². The van der Waals surface area contributed by atoms with Gasteiger partial charge in [0.1, 0.15) is 0 Å². The molecule has 41 valence electrons. The summed E-state index contributed by atoms with van der Waals surface area (Å²) in [4.78, 5) is 0. The molecular weight excluding hydrogens is 285 g/mol. The molecule has 0 amide bonds. The van der Waals surface area contributed by atoms with Gasteiger partial charge < -0.3 is 0 Å². The summed E-state index contributed by atoms with van der Waals surface area (Å²) < 4.78 is 1.27. The van der Waals surface area contributed by atoms with Crippen LogP contribution in [-0.4, -0.2) is 0 Å². The molecule has 2 fully saturated rings. The molecule has 2 rings (SSSR count). The summed E-state index contributed by atoms with van der Waals surface area (Å²) in [5.41, 5.74) is 0. The van der Waals surface area contributed by atoms with E-state index in [2.05, 4.69) is 0 Å². The zero-order valence-corrected chi connectivity index (χ0v) is 10.8. The van der Waals surface area contributed by atoms with E-state index < -0.39 is 0 Å². The van der Waals surface area contributed by atoms with E-state index >= 15 is 0 Å². The van der Waals surface area contributed by atoms with Crippen molar-refractivity contribution < 1.29 is 26.1 Å². The summed E-state index contributed by atoms with van der Waals surface area (Å²) in [7, 11) is 0. The van der Waals surface area contributed by atoms with Gasteiger partial charge in [-0.05, 0) is 0 Å². The molecule has 3 atom stereocenters. The van der Waals surface area contributed by atoms with E-state index in [4.69, 9.17) is 0 Å². The molecule has 2 aliphatic rings. The molecule has 0 heterocycles. The van der Waals surface area contributed by atoms with Crippen molar-refractivity contribution in [3.05, 3.63) is 0 Å². The molecule has 8 heavy (non-hydrogen) atoms. The summed E-state index contributed by atoms with van der Waals surface area (Å²) in [6.45, 7) is 0. The van der Waals surface area contributed by atoms with Crippen molar-refractivity contribution in [2.24, 2.45) is 11.8 Å². The van der Waals surface area contributed by atoms with Gasteiger partial charge in [0.2, 0.25) is 0 Å². The van der Waals surface area contributed by atoms with E-state index in [0.29, 0.717) is 0 Å². The van der Waals surface area contributed by atoms with Crippen LogP contribution in [0, 0.1) is 11.8 Å². The van der Waals surface area contributed by atoms with Gasteiger partial charge >= 0.3 is 67.1 Å². The second kappa shape index (κ2) is 1.97. The van der Waals surface area contributed by atoms with Crippen LogP contribution in [0.25, 0.3) is 0 Å². The normalized spacial score (nSPS) is 53.0. The van der Waals surface area contributed by atoms with E-state index in [9.17, 15) is 0 Å². The third-order valence-electron chi connectivity index (χ3n) is 2.88. The maximum absolute atomic E-state index is 1.63. The molecule has 1 heteroatoms. The van der Waals surface area contributed by atoms with Gasteiger partial charge in [-0.25, -0.2) is 0 Å². The van der Waals surface area contributed by atoms with Gasteiger partial charge in [-0.2, -0.15) is 0 Å². The van der Waals surface area contributed by atoms with Crippen molar-refractivity contribution >= 4 is 0 Å². The zero-order chi connectivity index (χ0) is 5.56. The van der Waals surface area contributed by atoms with E-state index in [0.717, 1.165) is 26.1 Å². The molecular formula is C7H11Hg. The number of hydrogen-bond acceptors (Lipinski definition) is 0. The van der Waals surface area contributed by atoms with E-state index in [1.165, 1.54) is 15.3 Å². The average Bonchev–Trinajstić information content (AvgIpc) is 2.23. The quantitative estimate of drug-likeness (QED) is 0.601. The molecule has 0 saturated heterocycles. The Labute approximate surface area is 67.0 Å². The summed E-state index contributed by atoms with van der Waals surface area (Å²) in [5, 5.41) is 0. The Hall–Kier alpha value is 0.935.